The Bertz CT molecular complexity index is 223. The third kappa shape index (κ3) is 2.79. The summed E-state index contributed by atoms with van der Waals surface area (Å²) in [7, 11) is 1.85. The van der Waals surface area contributed by atoms with E-state index < -0.39 is 5.82 Å². The molecule has 0 saturated heterocycles. The molecule has 1 aromatic rings. The Balaban J connectivity index is 2.37. The first kappa shape index (κ1) is 8.86. The van der Waals surface area contributed by atoms with Crippen LogP contribution in [-0.2, 0) is 0 Å². The van der Waals surface area contributed by atoms with Crippen LogP contribution in [0.3, 0.4) is 0 Å². The molecular formula is C7H11FN4. The van der Waals surface area contributed by atoms with Crippen molar-refractivity contribution in [1.29, 1.82) is 0 Å². The van der Waals surface area contributed by atoms with Gasteiger partial charge in [0.25, 0.3) is 0 Å². The maximum atomic E-state index is 12.3. The molecule has 0 aliphatic carbocycles. The summed E-state index contributed by atoms with van der Waals surface area (Å²) in [6.07, 6.45) is 2.27. The largest absolute Gasteiger partial charge is 0.353 e. The van der Waals surface area contributed by atoms with Gasteiger partial charge in [0.2, 0.25) is 5.95 Å². The molecule has 0 atom stereocenters. The van der Waals surface area contributed by atoms with E-state index >= 15 is 0 Å². The minimum absolute atomic E-state index is 0.422. The number of nitrogens with one attached hydrogen (secondary N) is 2. The van der Waals surface area contributed by atoms with Crippen molar-refractivity contribution in [2.45, 2.75) is 0 Å². The van der Waals surface area contributed by atoms with Crippen molar-refractivity contribution in [2.75, 3.05) is 25.5 Å². The van der Waals surface area contributed by atoms with Crippen molar-refractivity contribution in [1.82, 2.24) is 15.3 Å². The minimum atomic E-state index is -0.422. The molecule has 1 rings (SSSR count). The van der Waals surface area contributed by atoms with Crippen molar-refractivity contribution >= 4 is 5.95 Å². The van der Waals surface area contributed by atoms with Gasteiger partial charge in [-0.25, -0.2) is 14.4 Å². The normalized spacial score (nSPS) is 9.83. The SMILES string of the molecule is CNCCNc1ncc(F)cn1. The van der Waals surface area contributed by atoms with Gasteiger partial charge in [0, 0.05) is 13.1 Å². The summed E-state index contributed by atoms with van der Waals surface area (Å²) in [5, 5.41) is 5.88. The van der Waals surface area contributed by atoms with Crippen LogP contribution in [0.4, 0.5) is 10.3 Å². The second kappa shape index (κ2) is 4.61. The zero-order valence-corrected chi connectivity index (χ0v) is 6.84. The Morgan fingerprint density at radius 2 is 2.00 bits per heavy atom. The summed E-state index contributed by atoms with van der Waals surface area (Å²) in [6.45, 7) is 1.54. The van der Waals surface area contributed by atoms with Crippen LogP contribution in [0.25, 0.3) is 0 Å². The van der Waals surface area contributed by atoms with Crippen LogP contribution < -0.4 is 10.6 Å². The average Bonchev–Trinajstić information content (AvgIpc) is 2.09. The molecule has 0 aromatic carbocycles. The highest BCUT2D eigenvalue weighted by Gasteiger charge is 1.93. The predicted molar refractivity (Wildman–Crippen MR) is 44.4 cm³/mol. The molecule has 0 aliphatic rings. The van der Waals surface area contributed by atoms with Crippen LogP contribution >= 0.6 is 0 Å². The van der Waals surface area contributed by atoms with Crippen molar-refractivity contribution in [3.05, 3.63) is 18.2 Å². The van der Waals surface area contributed by atoms with Crippen molar-refractivity contribution < 1.29 is 4.39 Å². The van der Waals surface area contributed by atoms with Gasteiger partial charge in [0.1, 0.15) is 0 Å². The van der Waals surface area contributed by atoms with Gasteiger partial charge in [0.05, 0.1) is 12.4 Å². The Morgan fingerprint density at radius 1 is 1.33 bits per heavy atom. The number of nitrogens with zero attached hydrogens (tertiary/aromatic N) is 2. The lowest BCUT2D eigenvalue weighted by atomic mass is 10.6. The molecule has 5 heteroatoms. The number of aromatic nitrogens is 2. The van der Waals surface area contributed by atoms with Crippen LogP contribution in [0, 0.1) is 5.82 Å². The highest BCUT2D eigenvalue weighted by molar-refractivity contribution is 5.21. The third-order valence-electron chi connectivity index (χ3n) is 1.28. The van der Waals surface area contributed by atoms with Gasteiger partial charge in [-0.1, -0.05) is 0 Å². The molecule has 0 radical (unpaired) electrons. The number of anilines is 1. The fourth-order valence-corrected chi connectivity index (χ4v) is 0.703. The molecule has 1 heterocycles. The maximum Gasteiger partial charge on any atom is 0.222 e. The summed E-state index contributed by atoms with van der Waals surface area (Å²) >= 11 is 0. The van der Waals surface area contributed by atoms with Crippen molar-refractivity contribution in [3.8, 4) is 0 Å². The number of hydrogen-bond acceptors (Lipinski definition) is 4. The number of rotatable bonds is 4. The van der Waals surface area contributed by atoms with E-state index in [2.05, 4.69) is 20.6 Å². The van der Waals surface area contributed by atoms with Gasteiger partial charge in [-0.15, -0.1) is 0 Å². The van der Waals surface area contributed by atoms with Gasteiger partial charge < -0.3 is 10.6 Å². The maximum absolute atomic E-state index is 12.3. The predicted octanol–water partition coefficient (Wildman–Crippen LogP) is 0.247. The van der Waals surface area contributed by atoms with E-state index in [-0.39, 0.29) is 0 Å². The fourth-order valence-electron chi connectivity index (χ4n) is 0.703. The molecule has 12 heavy (non-hydrogen) atoms. The van der Waals surface area contributed by atoms with Crippen LogP contribution in [0.2, 0.25) is 0 Å². The smallest absolute Gasteiger partial charge is 0.222 e. The standard InChI is InChI=1S/C7H11FN4/c1-9-2-3-10-7-11-4-6(8)5-12-7/h4-5,9H,2-3H2,1H3,(H,10,11,12). The highest BCUT2D eigenvalue weighted by atomic mass is 19.1. The molecule has 0 fully saturated rings. The first-order valence-electron chi connectivity index (χ1n) is 3.69. The van der Waals surface area contributed by atoms with E-state index in [4.69, 9.17) is 0 Å². The summed E-state index contributed by atoms with van der Waals surface area (Å²) in [5.74, 6) is 0.0285. The van der Waals surface area contributed by atoms with E-state index in [9.17, 15) is 4.39 Å². The summed E-state index contributed by atoms with van der Waals surface area (Å²) in [4.78, 5) is 7.45. The first-order valence-corrected chi connectivity index (χ1v) is 3.69. The van der Waals surface area contributed by atoms with Gasteiger partial charge >= 0.3 is 0 Å². The van der Waals surface area contributed by atoms with Gasteiger partial charge in [-0.05, 0) is 7.05 Å². The Labute approximate surface area is 70.2 Å². The Kier molecular flexibility index (Phi) is 3.40. The van der Waals surface area contributed by atoms with Crippen LogP contribution in [-0.4, -0.2) is 30.1 Å². The Hall–Kier alpha value is -1.23. The van der Waals surface area contributed by atoms with Gasteiger partial charge in [-0.3, -0.25) is 0 Å². The highest BCUT2D eigenvalue weighted by Crippen LogP contribution is 1.96. The summed E-state index contributed by atoms with van der Waals surface area (Å²) in [5.41, 5.74) is 0. The topological polar surface area (TPSA) is 49.8 Å². The molecule has 4 nitrogen and oxygen atoms in total. The van der Waals surface area contributed by atoms with Crippen molar-refractivity contribution in [2.24, 2.45) is 0 Å². The second-order valence-electron chi connectivity index (χ2n) is 2.26. The Morgan fingerprint density at radius 3 is 2.58 bits per heavy atom. The average molecular weight is 170 g/mol. The molecule has 0 unspecified atom stereocenters. The van der Waals surface area contributed by atoms with E-state index in [0.717, 1.165) is 25.5 Å². The molecule has 0 aliphatic heterocycles. The van der Waals surface area contributed by atoms with Crippen LogP contribution in [0.15, 0.2) is 12.4 Å². The van der Waals surface area contributed by atoms with Crippen molar-refractivity contribution in [3.63, 3.8) is 0 Å². The van der Waals surface area contributed by atoms with E-state index in [0.29, 0.717) is 5.95 Å². The molecule has 0 saturated carbocycles. The first-order chi connectivity index (χ1) is 5.83. The van der Waals surface area contributed by atoms with Crippen LogP contribution in [0.5, 0.6) is 0 Å². The zero-order valence-electron chi connectivity index (χ0n) is 6.84. The molecule has 1 aromatic heterocycles. The zero-order chi connectivity index (χ0) is 8.81. The lowest BCUT2D eigenvalue weighted by Crippen LogP contribution is -2.18. The summed E-state index contributed by atoms with van der Waals surface area (Å²) < 4.78 is 12.3. The quantitative estimate of drug-likeness (QED) is 0.636. The second-order valence-corrected chi connectivity index (χ2v) is 2.26. The van der Waals surface area contributed by atoms with Gasteiger partial charge in [0.15, 0.2) is 5.82 Å². The number of likely N-dealkylation sites (N-methyl/N-ethyl adjacent to an activating group) is 1. The van der Waals surface area contributed by atoms with Crippen LogP contribution in [0.1, 0.15) is 0 Å². The third-order valence-corrected chi connectivity index (χ3v) is 1.28. The molecular weight excluding hydrogens is 159 g/mol. The lowest BCUT2D eigenvalue weighted by molar-refractivity contribution is 0.614. The molecule has 2 N–H and O–H groups in total. The van der Waals surface area contributed by atoms with E-state index in [1.54, 1.807) is 0 Å². The van der Waals surface area contributed by atoms with E-state index in [1.807, 2.05) is 7.05 Å². The molecule has 66 valence electrons. The molecule has 0 amide bonds. The number of halogens is 1. The van der Waals surface area contributed by atoms with E-state index in [1.165, 1.54) is 0 Å². The monoisotopic (exact) mass is 170 g/mol. The lowest BCUT2D eigenvalue weighted by Gasteiger charge is -2.02. The molecule has 0 spiro atoms. The van der Waals surface area contributed by atoms with Gasteiger partial charge in [-0.2, -0.15) is 0 Å². The molecule has 0 bridgehead atoms. The number of hydrogen-bond donors (Lipinski definition) is 2. The summed E-state index contributed by atoms with van der Waals surface area (Å²) in [6, 6.07) is 0. The fraction of sp³-hybridized carbons (Fsp3) is 0.429. The minimum Gasteiger partial charge on any atom is -0.353 e.